The summed E-state index contributed by atoms with van der Waals surface area (Å²) >= 11 is 0. The van der Waals surface area contributed by atoms with Crippen LogP contribution in [0.4, 0.5) is 5.69 Å². The summed E-state index contributed by atoms with van der Waals surface area (Å²) in [6, 6.07) is 9.30. The van der Waals surface area contributed by atoms with Crippen LogP contribution in [0.1, 0.15) is 32.3 Å². The van der Waals surface area contributed by atoms with Crippen molar-refractivity contribution in [3.8, 4) is 0 Å². The number of carbonyl (C=O) groups excluding carboxylic acids is 1. The van der Waals surface area contributed by atoms with Gasteiger partial charge in [0.1, 0.15) is 5.54 Å². The number of benzene rings is 1. The molecule has 1 fully saturated rings. The van der Waals surface area contributed by atoms with Gasteiger partial charge in [-0.1, -0.05) is 18.2 Å². The molecule has 1 aromatic carbocycles. The topological polar surface area (TPSA) is 58.4 Å². The zero-order valence-corrected chi connectivity index (χ0v) is 12.2. The third kappa shape index (κ3) is 2.40. The van der Waals surface area contributed by atoms with Gasteiger partial charge < -0.3 is 10.6 Å². The standard InChI is InChI=1S/C16H23N3O/c1-11-9-12-5-3-4-6-14(12)19(11)10-16(2,15(17)20)18-13-7-8-13/h3-6,11,13,18H,7-10H2,1-2H3,(H2,17,20). The van der Waals surface area contributed by atoms with Crippen LogP contribution in [0, 0.1) is 0 Å². The van der Waals surface area contributed by atoms with Gasteiger partial charge in [0.25, 0.3) is 0 Å². The molecule has 4 nitrogen and oxygen atoms in total. The number of nitrogens with two attached hydrogens (primary N) is 1. The fourth-order valence-corrected chi connectivity index (χ4v) is 3.08. The zero-order chi connectivity index (χ0) is 14.3. The van der Waals surface area contributed by atoms with Crippen LogP contribution in [0.25, 0.3) is 0 Å². The van der Waals surface area contributed by atoms with E-state index in [1.54, 1.807) is 0 Å². The molecule has 108 valence electrons. The van der Waals surface area contributed by atoms with E-state index >= 15 is 0 Å². The van der Waals surface area contributed by atoms with Gasteiger partial charge in [-0.2, -0.15) is 0 Å². The SMILES string of the molecule is CC1Cc2ccccc2N1CC(C)(NC1CC1)C(N)=O. The van der Waals surface area contributed by atoms with E-state index in [1.807, 2.05) is 6.92 Å². The summed E-state index contributed by atoms with van der Waals surface area (Å²) in [4.78, 5) is 14.2. The largest absolute Gasteiger partial charge is 0.368 e. The molecule has 1 heterocycles. The molecule has 3 rings (SSSR count). The maximum atomic E-state index is 11.9. The first kappa shape index (κ1) is 13.4. The monoisotopic (exact) mass is 273 g/mol. The maximum absolute atomic E-state index is 11.9. The number of hydrogen-bond donors (Lipinski definition) is 2. The molecule has 4 heteroatoms. The van der Waals surface area contributed by atoms with E-state index in [0.717, 1.165) is 19.3 Å². The van der Waals surface area contributed by atoms with Gasteiger partial charge in [0.05, 0.1) is 0 Å². The summed E-state index contributed by atoms with van der Waals surface area (Å²) in [6.07, 6.45) is 3.33. The Morgan fingerprint density at radius 1 is 1.45 bits per heavy atom. The van der Waals surface area contributed by atoms with Crippen LogP contribution in [-0.2, 0) is 11.2 Å². The Bertz CT molecular complexity index is 526. The highest BCUT2D eigenvalue weighted by Gasteiger charge is 2.40. The van der Waals surface area contributed by atoms with Crippen molar-refractivity contribution in [3.05, 3.63) is 29.8 Å². The Kier molecular flexibility index (Phi) is 3.21. The molecule has 1 aromatic rings. The number of primary amides is 1. The lowest BCUT2D eigenvalue weighted by Crippen LogP contribution is -2.61. The number of fused-ring (bicyclic) bond motifs is 1. The summed E-state index contributed by atoms with van der Waals surface area (Å²) in [6.45, 7) is 4.77. The van der Waals surface area contributed by atoms with E-state index in [-0.39, 0.29) is 5.91 Å². The Balaban J connectivity index is 1.83. The number of nitrogens with zero attached hydrogens (tertiary/aromatic N) is 1. The predicted octanol–water partition coefficient (Wildman–Crippen LogP) is 1.43. The van der Waals surface area contributed by atoms with E-state index in [9.17, 15) is 4.79 Å². The first-order valence-electron chi connectivity index (χ1n) is 7.42. The molecular formula is C16H23N3O. The number of nitrogens with one attached hydrogen (secondary N) is 1. The normalized spacial score (nSPS) is 24.3. The van der Waals surface area contributed by atoms with Crippen molar-refractivity contribution < 1.29 is 4.79 Å². The average Bonchev–Trinajstić information content (AvgIpc) is 3.15. The highest BCUT2D eigenvalue weighted by atomic mass is 16.1. The molecule has 1 aliphatic heterocycles. The molecule has 1 aliphatic carbocycles. The van der Waals surface area contributed by atoms with Crippen molar-refractivity contribution in [2.24, 2.45) is 5.73 Å². The zero-order valence-electron chi connectivity index (χ0n) is 12.2. The van der Waals surface area contributed by atoms with Crippen molar-refractivity contribution in [2.45, 2.75) is 50.7 Å². The first-order chi connectivity index (χ1) is 9.49. The Morgan fingerprint density at radius 2 is 2.15 bits per heavy atom. The van der Waals surface area contributed by atoms with E-state index in [0.29, 0.717) is 18.6 Å². The summed E-state index contributed by atoms with van der Waals surface area (Å²) in [5.41, 5.74) is 7.60. The van der Waals surface area contributed by atoms with Crippen molar-refractivity contribution in [1.82, 2.24) is 5.32 Å². The second-order valence-corrected chi connectivity index (χ2v) is 6.42. The third-order valence-corrected chi connectivity index (χ3v) is 4.48. The van der Waals surface area contributed by atoms with Crippen molar-refractivity contribution in [1.29, 1.82) is 0 Å². The van der Waals surface area contributed by atoms with Gasteiger partial charge in [-0.05, 0) is 44.7 Å². The smallest absolute Gasteiger partial charge is 0.239 e. The molecular weight excluding hydrogens is 250 g/mol. The number of rotatable bonds is 5. The molecule has 1 saturated carbocycles. The van der Waals surface area contributed by atoms with E-state index < -0.39 is 5.54 Å². The Labute approximate surface area is 120 Å². The lowest BCUT2D eigenvalue weighted by atomic mass is 9.99. The number of anilines is 1. The van der Waals surface area contributed by atoms with E-state index in [4.69, 9.17) is 5.73 Å². The summed E-state index contributed by atoms with van der Waals surface area (Å²) in [5, 5.41) is 3.43. The van der Waals surface area contributed by atoms with Crippen LogP contribution in [0.15, 0.2) is 24.3 Å². The fraction of sp³-hybridized carbons (Fsp3) is 0.562. The highest BCUT2D eigenvalue weighted by Crippen LogP contribution is 2.33. The lowest BCUT2D eigenvalue weighted by molar-refractivity contribution is -0.123. The van der Waals surface area contributed by atoms with Gasteiger partial charge >= 0.3 is 0 Å². The number of carbonyl (C=O) groups is 1. The second-order valence-electron chi connectivity index (χ2n) is 6.42. The predicted molar refractivity (Wildman–Crippen MR) is 80.7 cm³/mol. The molecule has 2 atom stereocenters. The van der Waals surface area contributed by atoms with Gasteiger partial charge in [0.2, 0.25) is 5.91 Å². The van der Waals surface area contributed by atoms with Gasteiger partial charge in [0, 0.05) is 24.3 Å². The van der Waals surface area contributed by atoms with Crippen LogP contribution in [0.5, 0.6) is 0 Å². The summed E-state index contributed by atoms with van der Waals surface area (Å²) in [7, 11) is 0. The average molecular weight is 273 g/mol. The molecule has 1 amide bonds. The molecule has 0 aromatic heterocycles. The van der Waals surface area contributed by atoms with Crippen LogP contribution in [-0.4, -0.2) is 30.1 Å². The molecule has 20 heavy (non-hydrogen) atoms. The minimum atomic E-state index is -0.660. The minimum absolute atomic E-state index is 0.263. The van der Waals surface area contributed by atoms with Crippen LogP contribution >= 0.6 is 0 Å². The van der Waals surface area contributed by atoms with Crippen LogP contribution in [0.2, 0.25) is 0 Å². The fourth-order valence-electron chi connectivity index (χ4n) is 3.08. The van der Waals surface area contributed by atoms with Crippen LogP contribution < -0.4 is 16.0 Å². The highest BCUT2D eigenvalue weighted by molar-refractivity contribution is 5.85. The second kappa shape index (κ2) is 4.77. The van der Waals surface area contributed by atoms with Gasteiger partial charge in [-0.15, -0.1) is 0 Å². The molecule has 0 saturated heterocycles. The Morgan fingerprint density at radius 3 is 2.80 bits per heavy atom. The third-order valence-electron chi connectivity index (χ3n) is 4.48. The first-order valence-corrected chi connectivity index (χ1v) is 7.42. The maximum Gasteiger partial charge on any atom is 0.239 e. The lowest BCUT2D eigenvalue weighted by Gasteiger charge is -2.36. The van der Waals surface area contributed by atoms with Crippen molar-refractivity contribution in [2.75, 3.05) is 11.4 Å². The van der Waals surface area contributed by atoms with Gasteiger partial charge in [0.15, 0.2) is 0 Å². The van der Waals surface area contributed by atoms with Gasteiger partial charge in [-0.3, -0.25) is 10.1 Å². The van der Waals surface area contributed by atoms with Gasteiger partial charge in [-0.25, -0.2) is 0 Å². The summed E-state index contributed by atoms with van der Waals surface area (Å²) in [5.74, 6) is -0.263. The number of amides is 1. The van der Waals surface area contributed by atoms with Crippen molar-refractivity contribution in [3.63, 3.8) is 0 Å². The molecule has 3 N–H and O–H groups in total. The van der Waals surface area contributed by atoms with E-state index in [2.05, 4.69) is 41.4 Å². The minimum Gasteiger partial charge on any atom is -0.368 e. The summed E-state index contributed by atoms with van der Waals surface area (Å²) < 4.78 is 0. The molecule has 0 bridgehead atoms. The number of hydrogen-bond acceptors (Lipinski definition) is 3. The molecule has 0 spiro atoms. The van der Waals surface area contributed by atoms with Crippen LogP contribution in [0.3, 0.4) is 0 Å². The molecule has 2 unspecified atom stereocenters. The molecule has 2 aliphatic rings. The van der Waals surface area contributed by atoms with Crippen molar-refractivity contribution >= 4 is 11.6 Å². The molecule has 0 radical (unpaired) electrons. The number of para-hydroxylation sites is 1. The quantitative estimate of drug-likeness (QED) is 0.853. The Hall–Kier alpha value is -1.55. The van der Waals surface area contributed by atoms with E-state index in [1.165, 1.54) is 11.3 Å².